The minimum Gasteiger partial charge on any atom is -0.479 e. The Balaban J connectivity index is 2.37. The molecule has 1 aromatic heterocycles. The summed E-state index contributed by atoms with van der Waals surface area (Å²) in [6.45, 7) is 4.67. The van der Waals surface area contributed by atoms with Gasteiger partial charge in [0.05, 0.1) is 11.3 Å². The third-order valence-electron chi connectivity index (χ3n) is 3.56. The number of aliphatic carboxylic acids is 1. The summed E-state index contributed by atoms with van der Waals surface area (Å²) in [5.41, 5.74) is -0.820. The van der Waals surface area contributed by atoms with Crippen molar-refractivity contribution in [1.82, 2.24) is 15.3 Å². The van der Waals surface area contributed by atoms with Gasteiger partial charge in [0.1, 0.15) is 11.6 Å². The topological polar surface area (TPSA) is 92.2 Å². The van der Waals surface area contributed by atoms with Gasteiger partial charge in [-0.15, -0.1) is 0 Å². The molecule has 0 saturated heterocycles. The molecular weight excluding hydrogens is 301 g/mol. The molecule has 2 rings (SSSR count). The van der Waals surface area contributed by atoms with Crippen molar-refractivity contribution in [2.24, 2.45) is 0 Å². The van der Waals surface area contributed by atoms with E-state index in [9.17, 15) is 19.1 Å². The van der Waals surface area contributed by atoms with Gasteiger partial charge >= 0.3 is 5.97 Å². The summed E-state index contributed by atoms with van der Waals surface area (Å²) >= 11 is 0. The van der Waals surface area contributed by atoms with Crippen molar-refractivity contribution in [3.05, 3.63) is 58.9 Å². The summed E-state index contributed by atoms with van der Waals surface area (Å²) in [6, 6.07) is 4.93. The molecule has 0 aliphatic rings. The first-order chi connectivity index (χ1) is 10.7. The quantitative estimate of drug-likeness (QED) is 0.899. The number of nitrogens with zero attached hydrogens (tertiary/aromatic N) is 2. The number of carbonyl (C=O) groups is 2. The Morgan fingerprint density at radius 2 is 1.83 bits per heavy atom. The van der Waals surface area contributed by atoms with Crippen molar-refractivity contribution in [3.8, 4) is 0 Å². The van der Waals surface area contributed by atoms with Crippen molar-refractivity contribution in [2.45, 2.75) is 26.3 Å². The fourth-order valence-corrected chi connectivity index (χ4v) is 2.13. The number of carboxylic acid groups (broad SMARTS) is 1. The number of halogens is 1. The van der Waals surface area contributed by atoms with E-state index in [-0.39, 0.29) is 11.1 Å². The number of aromatic nitrogens is 2. The lowest BCUT2D eigenvalue weighted by Gasteiger charge is -2.27. The number of benzene rings is 1. The van der Waals surface area contributed by atoms with Gasteiger partial charge in [-0.2, -0.15) is 0 Å². The minimum atomic E-state index is -1.71. The molecule has 0 radical (unpaired) electrons. The molecule has 2 aromatic rings. The number of rotatable bonds is 4. The van der Waals surface area contributed by atoms with Crippen LogP contribution in [0.4, 0.5) is 4.39 Å². The summed E-state index contributed by atoms with van der Waals surface area (Å²) < 4.78 is 13.0. The Hall–Kier alpha value is -2.83. The lowest BCUT2D eigenvalue weighted by molar-refractivity contribution is -0.144. The molecule has 1 heterocycles. The summed E-state index contributed by atoms with van der Waals surface area (Å²) in [5, 5.41) is 12.0. The zero-order chi connectivity index (χ0) is 17.2. The number of aryl methyl sites for hydroxylation is 2. The largest absolute Gasteiger partial charge is 0.479 e. The van der Waals surface area contributed by atoms with E-state index in [1.165, 1.54) is 25.3 Å². The number of hydrogen-bond donors (Lipinski definition) is 2. The van der Waals surface area contributed by atoms with Gasteiger partial charge in [0.15, 0.2) is 5.54 Å². The zero-order valence-electron chi connectivity index (χ0n) is 12.9. The third kappa shape index (κ3) is 3.33. The Bertz CT molecular complexity index is 762. The molecular formula is C16H16FN3O3. The van der Waals surface area contributed by atoms with Gasteiger partial charge in [0.25, 0.3) is 5.91 Å². The van der Waals surface area contributed by atoms with Crippen molar-refractivity contribution in [2.75, 3.05) is 0 Å². The van der Waals surface area contributed by atoms with Crippen LogP contribution in [-0.4, -0.2) is 27.0 Å². The monoisotopic (exact) mass is 317 g/mol. The SMILES string of the molecule is Cc1ncc(C(=O)NC(C)(C(=O)O)c2ccc(F)cc2)c(C)n1. The molecule has 1 aromatic carbocycles. The van der Waals surface area contributed by atoms with Crippen molar-refractivity contribution in [3.63, 3.8) is 0 Å². The standard InChI is InChI=1S/C16H16FN3O3/c1-9-13(8-18-10(2)19-9)14(21)20-16(3,15(22)23)11-4-6-12(17)7-5-11/h4-8H,1-3H3,(H,20,21)(H,22,23). The lowest BCUT2D eigenvalue weighted by atomic mass is 9.91. The third-order valence-corrected chi connectivity index (χ3v) is 3.56. The van der Waals surface area contributed by atoms with E-state index in [2.05, 4.69) is 15.3 Å². The molecule has 23 heavy (non-hydrogen) atoms. The maximum absolute atomic E-state index is 13.0. The van der Waals surface area contributed by atoms with Crippen LogP contribution >= 0.6 is 0 Å². The van der Waals surface area contributed by atoms with Crippen LogP contribution in [0.15, 0.2) is 30.5 Å². The van der Waals surface area contributed by atoms with E-state index in [0.29, 0.717) is 11.5 Å². The Labute approximate surface area is 132 Å². The summed E-state index contributed by atoms with van der Waals surface area (Å²) in [7, 11) is 0. The molecule has 0 saturated carbocycles. The number of hydrogen-bond acceptors (Lipinski definition) is 4. The normalized spacial score (nSPS) is 13.2. The second-order valence-electron chi connectivity index (χ2n) is 5.31. The smallest absolute Gasteiger partial charge is 0.333 e. The molecule has 1 atom stereocenters. The highest BCUT2D eigenvalue weighted by Crippen LogP contribution is 2.22. The molecule has 6 nitrogen and oxygen atoms in total. The highest BCUT2D eigenvalue weighted by atomic mass is 19.1. The average Bonchev–Trinajstić information content (AvgIpc) is 2.47. The van der Waals surface area contributed by atoms with Crippen LogP contribution < -0.4 is 5.32 Å². The molecule has 7 heteroatoms. The van der Waals surface area contributed by atoms with Crippen molar-refractivity contribution < 1.29 is 19.1 Å². The van der Waals surface area contributed by atoms with E-state index in [4.69, 9.17) is 0 Å². The predicted molar refractivity (Wildman–Crippen MR) is 80.4 cm³/mol. The Morgan fingerprint density at radius 3 is 2.35 bits per heavy atom. The van der Waals surface area contributed by atoms with Gasteiger partial charge in [-0.3, -0.25) is 4.79 Å². The lowest BCUT2D eigenvalue weighted by Crippen LogP contribution is -2.49. The van der Waals surface area contributed by atoms with Crippen LogP contribution in [-0.2, 0) is 10.3 Å². The van der Waals surface area contributed by atoms with Crippen molar-refractivity contribution in [1.29, 1.82) is 0 Å². The van der Waals surface area contributed by atoms with E-state index >= 15 is 0 Å². The fraction of sp³-hybridized carbons (Fsp3) is 0.250. The predicted octanol–water partition coefficient (Wildman–Crippen LogP) is 1.96. The highest BCUT2D eigenvalue weighted by molar-refractivity contribution is 5.98. The van der Waals surface area contributed by atoms with Crippen LogP contribution in [0.25, 0.3) is 0 Å². The molecule has 0 fully saturated rings. The molecule has 0 spiro atoms. The highest BCUT2D eigenvalue weighted by Gasteiger charge is 2.37. The maximum Gasteiger partial charge on any atom is 0.333 e. The Kier molecular flexibility index (Phi) is 4.40. The summed E-state index contributed by atoms with van der Waals surface area (Å²) in [4.78, 5) is 32.1. The van der Waals surface area contributed by atoms with Gasteiger partial charge < -0.3 is 10.4 Å². The van der Waals surface area contributed by atoms with Gasteiger partial charge in [0, 0.05) is 6.20 Å². The maximum atomic E-state index is 13.0. The molecule has 2 N–H and O–H groups in total. The van der Waals surface area contributed by atoms with Crippen LogP contribution in [0.5, 0.6) is 0 Å². The summed E-state index contributed by atoms with van der Waals surface area (Å²) in [6.07, 6.45) is 1.35. The van der Waals surface area contributed by atoms with E-state index in [1.807, 2.05) is 0 Å². The molecule has 1 amide bonds. The Morgan fingerprint density at radius 1 is 1.22 bits per heavy atom. The van der Waals surface area contributed by atoms with Gasteiger partial charge in [0.2, 0.25) is 0 Å². The molecule has 0 aliphatic carbocycles. The van der Waals surface area contributed by atoms with Crippen LogP contribution in [0.3, 0.4) is 0 Å². The van der Waals surface area contributed by atoms with Gasteiger partial charge in [-0.05, 0) is 38.5 Å². The molecule has 1 unspecified atom stereocenters. The second kappa shape index (κ2) is 6.12. The van der Waals surface area contributed by atoms with E-state index < -0.39 is 23.2 Å². The van der Waals surface area contributed by atoms with E-state index in [0.717, 1.165) is 12.1 Å². The molecule has 0 bridgehead atoms. The first-order valence-corrected chi connectivity index (χ1v) is 6.86. The number of carbonyl (C=O) groups excluding carboxylic acids is 1. The molecule has 0 aliphatic heterocycles. The average molecular weight is 317 g/mol. The van der Waals surface area contributed by atoms with Crippen molar-refractivity contribution >= 4 is 11.9 Å². The second-order valence-corrected chi connectivity index (χ2v) is 5.31. The van der Waals surface area contributed by atoms with Crippen LogP contribution in [0, 0.1) is 19.7 Å². The van der Waals surface area contributed by atoms with Crippen LogP contribution in [0.2, 0.25) is 0 Å². The van der Waals surface area contributed by atoms with Gasteiger partial charge in [-0.1, -0.05) is 12.1 Å². The molecule has 120 valence electrons. The minimum absolute atomic E-state index is 0.185. The zero-order valence-corrected chi connectivity index (χ0v) is 12.9. The van der Waals surface area contributed by atoms with Crippen LogP contribution in [0.1, 0.15) is 34.4 Å². The first kappa shape index (κ1) is 16.5. The summed E-state index contributed by atoms with van der Waals surface area (Å²) in [5.74, 6) is -1.85. The number of nitrogens with one attached hydrogen (secondary N) is 1. The fourth-order valence-electron chi connectivity index (χ4n) is 2.13. The first-order valence-electron chi connectivity index (χ1n) is 6.86. The number of amides is 1. The van der Waals surface area contributed by atoms with Gasteiger partial charge in [-0.25, -0.2) is 19.2 Å². The van der Waals surface area contributed by atoms with E-state index in [1.54, 1.807) is 13.8 Å². The number of carboxylic acids is 1.